The van der Waals surface area contributed by atoms with E-state index >= 15 is 0 Å². The number of methoxy groups -OCH3 is 1. The molecule has 1 aromatic rings. The molecule has 2 aliphatic carbocycles. The molecule has 0 atom stereocenters. The number of ether oxygens (including phenoxy) is 1. The van der Waals surface area contributed by atoms with Gasteiger partial charge >= 0.3 is 0 Å². The molecule has 0 saturated heterocycles. The van der Waals surface area contributed by atoms with Crippen LogP contribution < -0.4 is 4.74 Å². The van der Waals surface area contributed by atoms with Crippen LogP contribution in [0.1, 0.15) is 44.7 Å². The number of aromatic nitrogens is 2. The fourth-order valence-electron chi connectivity index (χ4n) is 3.07. The standard InChI is InChI=1S/C14H22N2O2/c1-3-8-16-13(12(18-2)9-15-16)14(17,10-4-5-10)11-6-7-11/h9-11,17H,3-8H2,1-2H3. The van der Waals surface area contributed by atoms with E-state index in [9.17, 15) is 5.11 Å². The Kier molecular flexibility index (Phi) is 2.85. The molecule has 4 heteroatoms. The van der Waals surface area contributed by atoms with E-state index < -0.39 is 5.60 Å². The SMILES string of the molecule is CCCn1ncc(OC)c1C(O)(C1CC1)C1CC1. The maximum atomic E-state index is 11.2. The first-order valence-electron chi connectivity index (χ1n) is 7.04. The molecule has 1 heterocycles. The fourth-order valence-corrected chi connectivity index (χ4v) is 3.07. The third-order valence-corrected chi connectivity index (χ3v) is 4.24. The van der Waals surface area contributed by atoms with Crippen molar-refractivity contribution in [1.82, 2.24) is 9.78 Å². The Morgan fingerprint density at radius 1 is 1.39 bits per heavy atom. The molecule has 0 spiro atoms. The summed E-state index contributed by atoms with van der Waals surface area (Å²) in [6, 6.07) is 0. The lowest BCUT2D eigenvalue weighted by Gasteiger charge is -2.30. The highest BCUT2D eigenvalue weighted by Gasteiger charge is 2.57. The van der Waals surface area contributed by atoms with E-state index in [2.05, 4.69) is 12.0 Å². The minimum atomic E-state index is -0.697. The average molecular weight is 250 g/mol. The van der Waals surface area contributed by atoms with Gasteiger partial charge in [-0.2, -0.15) is 5.10 Å². The monoisotopic (exact) mass is 250 g/mol. The average Bonchev–Trinajstić information content (AvgIpc) is 3.24. The van der Waals surface area contributed by atoms with E-state index in [1.54, 1.807) is 13.3 Å². The molecule has 2 aliphatic rings. The van der Waals surface area contributed by atoms with Crippen LogP contribution in [0.15, 0.2) is 6.20 Å². The van der Waals surface area contributed by atoms with Crippen LogP contribution in [-0.4, -0.2) is 22.0 Å². The van der Waals surface area contributed by atoms with Crippen LogP contribution in [-0.2, 0) is 12.1 Å². The first kappa shape index (κ1) is 12.0. The molecular formula is C14H22N2O2. The molecule has 2 fully saturated rings. The Labute approximate surface area is 108 Å². The first-order chi connectivity index (χ1) is 8.71. The number of rotatable bonds is 6. The summed E-state index contributed by atoms with van der Waals surface area (Å²) in [6.45, 7) is 2.98. The second-order valence-corrected chi connectivity index (χ2v) is 5.66. The van der Waals surface area contributed by atoms with E-state index in [0.29, 0.717) is 11.8 Å². The molecule has 1 aromatic heterocycles. The summed E-state index contributed by atoms with van der Waals surface area (Å²) >= 11 is 0. The zero-order chi connectivity index (χ0) is 12.8. The lowest BCUT2D eigenvalue weighted by Crippen LogP contribution is -2.34. The Balaban J connectivity index is 2.04. The fraction of sp³-hybridized carbons (Fsp3) is 0.786. The summed E-state index contributed by atoms with van der Waals surface area (Å²) in [6.07, 6.45) is 7.30. The molecule has 100 valence electrons. The quantitative estimate of drug-likeness (QED) is 0.842. The lowest BCUT2D eigenvalue weighted by molar-refractivity contribution is -0.0206. The van der Waals surface area contributed by atoms with Gasteiger partial charge in [0.15, 0.2) is 5.75 Å². The predicted molar refractivity (Wildman–Crippen MR) is 68.4 cm³/mol. The molecule has 0 amide bonds. The van der Waals surface area contributed by atoms with Crippen molar-refractivity contribution in [2.24, 2.45) is 11.8 Å². The Bertz CT molecular complexity index is 421. The molecular weight excluding hydrogens is 228 g/mol. The molecule has 1 N–H and O–H groups in total. The molecule has 0 radical (unpaired) electrons. The smallest absolute Gasteiger partial charge is 0.162 e. The molecule has 2 saturated carbocycles. The van der Waals surface area contributed by atoms with Crippen molar-refractivity contribution in [1.29, 1.82) is 0 Å². The lowest BCUT2D eigenvalue weighted by atomic mass is 9.87. The van der Waals surface area contributed by atoms with Crippen LogP contribution in [0, 0.1) is 11.8 Å². The maximum absolute atomic E-state index is 11.2. The van der Waals surface area contributed by atoms with Crippen molar-refractivity contribution < 1.29 is 9.84 Å². The minimum absolute atomic E-state index is 0.409. The maximum Gasteiger partial charge on any atom is 0.162 e. The minimum Gasteiger partial charge on any atom is -0.493 e. The topological polar surface area (TPSA) is 47.3 Å². The van der Waals surface area contributed by atoms with Gasteiger partial charge in [0, 0.05) is 6.54 Å². The van der Waals surface area contributed by atoms with Gasteiger partial charge in [-0.25, -0.2) is 0 Å². The Morgan fingerprint density at radius 2 is 2.00 bits per heavy atom. The zero-order valence-electron chi connectivity index (χ0n) is 11.2. The Hall–Kier alpha value is -1.03. The third-order valence-electron chi connectivity index (χ3n) is 4.24. The Morgan fingerprint density at radius 3 is 2.44 bits per heavy atom. The molecule has 0 unspecified atom stereocenters. The van der Waals surface area contributed by atoms with Gasteiger partial charge in [-0.15, -0.1) is 0 Å². The van der Waals surface area contributed by atoms with Gasteiger partial charge in [0.1, 0.15) is 11.3 Å². The summed E-state index contributed by atoms with van der Waals surface area (Å²) in [5, 5.41) is 15.6. The number of aryl methyl sites for hydroxylation is 1. The highest BCUT2D eigenvalue weighted by Crippen LogP contribution is 2.58. The van der Waals surface area contributed by atoms with Crippen molar-refractivity contribution in [3.63, 3.8) is 0 Å². The molecule has 3 rings (SSSR count). The van der Waals surface area contributed by atoms with Crippen LogP contribution >= 0.6 is 0 Å². The van der Waals surface area contributed by atoms with Gasteiger partial charge in [0.25, 0.3) is 0 Å². The molecule has 0 bridgehead atoms. The van der Waals surface area contributed by atoms with Crippen molar-refractivity contribution in [3.05, 3.63) is 11.9 Å². The third kappa shape index (κ3) is 1.74. The predicted octanol–water partition coefficient (Wildman–Crippen LogP) is 2.31. The molecule has 18 heavy (non-hydrogen) atoms. The largest absolute Gasteiger partial charge is 0.493 e. The first-order valence-corrected chi connectivity index (χ1v) is 7.04. The van der Waals surface area contributed by atoms with Crippen LogP contribution in [0.25, 0.3) is 0 Å². The van der Waals surface area contributed by atoms with Crippen LogP contribution in [0.3, 0.4) is 0 Å². The van der Waals surface area contributed by atoms with Crippen LogP contribution in [0.4, 0.5) is 0 Å². The van der Waals surface area contributed by atoms with E-state index in [-0.39, 0.29) is 0 Å². The van der Waals surface area contributed by atoms with Crippen LogP contribution in [0.5, 0.6) is 5.75 Å². The summed E-state index contributed by atoms with van der Waals surface area (Å²) < 4.78 is 7.38. The number of aliphatic hydroxyl groups is 1. The van der Waals surface area contributed by atoms with Crippen molar-refractivity contribution >= 4 is 0 Å². The summed E-state index contributed by atoms with van der Waals surface area (Å²) in [7, 11) is 1.66. The number of hydrogen-bond donors (Lipinski definition) is 1. The normalized spacial score (nSPS) is 20.2. The van der Waals surface area contributed by atoms with Gasteiger partial charge in [-0.05, 0) is 43.9 Å². The second kappa shape index (κ2) is 4.26. The van der Waals surface area contributed by atoms with Crippen molar-refractivity contribution in [2.45, 2.75) is 51.2 Å². The second-order valence-electron chi connectivity index (χ2n) is 5.66. The van der Waals surface area contributed by atoms with Gasteiger partial charge in [-0.3, -0.25) is 4.68 Å². The van der Waals surface area contributed by atoms with Crippen molar-refractivity contribution in [2.75, 3.05) is 7.11 Å². The number of nitrogens with zero attached hydrogens (tertiary/aromatic N) is 2. The van der Waals surface area contributed by atoms with Gasteiger partial charge < -0.3 is 9.84 Å². The van der Waals surface area contributed by atoms with E-state index in [0.717, 1.165) is 50.1 Å². The molecule has 0 aliphatic heterocycles. The summed E-state index contributed by atoms with van der Waals surface area (Å²) in [5.74, 6) is 1.57. The van der Waals surface area contributed by atoms with Crippen molar-refractivity contribution in [3.8, 4) is 5.75 Å². The highest BCUT2D eigenvalue weighted by atomic mass is 16.5. The molecule has 0 aromatic carbocycles. The van der Waals surface area contributed by atoms with E-state index in [4.69, 9.17) is 4.74 Å². The van der Waals surface area contributed by atoms with E-state index in [1.165, 1.54) is 0 Å². The zero-order valence-corrected chi connectivity index (χ0v) is 11.2. The summed E-state index contributed by atoms with van der Waals surface area (Å²) in [5.41, 5.74) is 0.230. The number of hydrogen-bond acceptors (Lipinski definition) is 3. The summed E-state index contributed by atoms with van der Waals surface area (Å²) in [4.78, 5) is 0. The molecule has 4 nitrogen and oxygen atoms in total. The van der Waals surface area contributed by atoms with Gasteiger partial charge in [0.05, 0.1) is 13.3 Å². The van der Waals surface area contributed by atoms with Crippen LogP contribution in [0.2, 0.25) is 0 Å². The highest BCUT2D eigenvalue weighted by molar-refractivity contribution is 5.34. The van der Waals surface area contributed by atoms with Gasteiger partial charge in [0.2, 0.25) is 0 Å². The van der Waals surface area contributed by atoms with Gasteiger partial charge in [-0.1, -0.05) is 6.92 Å². The van der Waals surface area contributed by atoms with E-state index in [1.807, 2.05) is 4.68 Å².